The van der Waals surface area contributed by atoms with Crippen molar-refractivity contribution in [2.24, 2.45) is 0 Å². The van der Waals surface area contributed by atoms with Gasteiger partial charge < -0.3 is 24.4 Å². The molecule has 1 saturated heterocycles. The highest BCUT2D eigenvalue weighted by atomic mass is 32.2. The number of benzene rings is 2. The van der Waals surface area contributed by atoms with E-state index in [9.17, 15) is 13.2 Å². The van der Waals surface area contributed by atoms with Crippen LogP contribution in [0, 0.1) is 0 Å². The number of amides is 1. The molecule has 2 aromatic rings. The van der Waals surface area contributed by atoms with Crippen LogP contribution < -0.4 is 24.4 Å². The monoisotopic (exact) mass is 505 g/mol. The molecule has 1 aliphatic rings. The second-order valence-corrected chi connectivity index (χ2v) is 10.1. The van der Waals surface area contributed by atoms with Crippen LogP contribution in [0.25, 0.3) is 0 Å². The van der Waals surface area contributed by atoms with E-state index in [1.165, 1.54) is 4.31 Å². The predicted molar refractivity (Wildman–Crippen MR) is 136 cm³/mol. The Balaban J connectivity index is 1.45. The molecule has 0 saturated carbocycles. The van der Waals surface area contributed by atoms with E-state index in [1.54, 1.807) is 25.3 Å². The van der Waals surface area contributed by atoms with Crippen LogP contribution in [-0.4, -0.2) is 77.4 Å². The fourth-order valence-electron chi connectivity index (χ4n) is 3.90. The Morgan fingerprint density at radius 2 is 1.60 bits per heavy atom. The zero-order valence-electron chi connectivity index (χ0n) is 20.7. The number of hydrogen-bond donors (Lipinski definition) is 1. The van der Waals surface area contributed by atoms with Gasteiger partial charge in [-0.25, -0.2) is 8.42 Å². The van der Waals surface area contributed by atoms with Crippen LogP contribution in [0.4, 0.5) is 5.69 Å². The lowest BCUT2D eigenvalue weighted by Crippen LogP contribution is -2.49. The van der Waals surface area contributed by atoms with Gasteiger partial charge in [-0.3, -0.25) is 4.79 Å². The molecular formula is C25H35N3O6S. The minimum absolute atomic E-state index is 0.0106. The van der Waals surface area contributed by atoms with Crippen LogP contribution in [0.5, 0.6) is 17.2 Å². The van der Waals surface area contributed by atoms with Crippen molar-refractivity contribution < 1.29 is 27.4 Å². The highest BCUT2D eigenvalue weighted by Crippen LogP contribution is 2.28. The maximum absolute atomic E-state index is 12.8. The molecule has 10 heteroatoms. The average molecular weight is 506 g/mol. The third-order valence-electron chi connectivity index (χ3n) is 5.74. The van der Waals surface area contributed by atoms with E-state index in [0.29, 0.717) is 62.9 Å². The van der Waals surface area contributed by atoms with Gasteiger partial charge in [0.15, 0.2) is 11.5 Å². The summed E-state index contributed by atoms with van der Waals surface area (Å²) in [5, 5.41) is 2.80. The summed E-state index contributed by atoms with van der Waals surface area (Å²) in [5.41, 5.74) is 1.49. The Morgan fingerprint density at radius 1 is 0.943 bits per heavy atom. The van der Waals surface area contributed by atoms with Gasteiger partial charge in [0, 0.05) is 44.0 Å². The first-order valence-corrected chi connectivity index (χ1v) is 13.5. The molecule has 0 aromatic heterocycles. The minimum Gasteiger partial charge on any atom is -0.497 e. The molecule has 0 bridgehead atoms. The Bertz CT molecular complexity index is 1070. The van der Waals surface area contributed by atoms with Crippen molar-refractivity contribution >= 4 is 21.6 Å². The fraction of sp³-hybridized carbons (Fsp3) is 0.480. The summed E-state index contributed by atoms with van der Waals surface area (Å²) >= 11 is 0. The maximum atomic E-state index is 12.8. The third-order valence-corrected chi connectivity index (χ3v) is 7.70. The first-order valence-electron chi connectivity index (χ1n) is 11.9. The Morgan fingerprint density at radius 3 is 2.23 bits per heavy atom. The molecule has 1 amide bonds. The largest absolute Gasteiger partial charge is 0.497 e. The third kappa shape index (κ3) is 7.25. The molecule has 192 valence electrons. The molecule has 3 rings (SSSR count). The van der Waals surface area contributed by atoms with Crippen LogP contribution >= 0.6 is 0 Å². The van der Waals surface area contributed by atoms with E-state index in [2.05, 4.69) is 10.2 Å². The molecular weight excluding hydrogens is 470 g/mol. The summed E-state index contributed by atoms with van der Waals surface area (Å²) in [6.07, 6.45) is 0.335. The molecule has 1 aliphatic heterocycles. The zero-order chi connectivity index (χ0) is 25.3. The van der Waals surface area contributed by atoms with Gasteiger partial charge in [-0.05, 0) is 62.7 Å². The average Bonchev–Trinajstić information content (AvgIpc) is 2.88. The highest BCUT2D eigenvalue weighted by Gasteiger charge is 2.26. The topological polar surface area (TPSA) is 97.4 Å². The predicted octanol–water partition coefficient (Wildman–Crippen LogP) is 2.76. The molecule has 1 fully saturated rings. The molecule has 1 heterocycles. The smallest absolute Gasteiger partial charge is 0.251 e. The van der Waals surface area contributed by atoms with Crippen LogP contribution in [0.1, 0.15) is 30.6 Å². The van der Waals surface area contributed by atoms with Crippen LogP contribution in [0.3, 0.4) is 0 Å². The molecule has 0 atom stereocenters. The Labute approximate surface area is 208 Å². The number of nitrogens with zero attached hydrogens (tertiary/aromatic N) is 2. The number of sulfonamides is 1. The van der Waals surface area contributed by atoms with Gasteiger partial charge in [0.2, 0.25) is 10.0 Å². The molecule has 0 aliphatic carbocycles. The summed E-state index contributed by atoms with van der Waals surface area (Å²) in [6, 6.07) is 12.8. The summed E-state index contributed by atoms with van der Waals surface area (Å²) in [5.74, 6) is 1.60. The normalized spacial score (nSPS) is 14.4. The number of nitrogens with one attached hydrogen (secondary N) is 1. The number of carbonyl (C=O) groups excluding carboxylic acids is 1. The number of ether oxygens (including phenoxy) is 3. The second kappa shape index (κ2) is 12.6. The summed E-state index contributed by atoms with van der Waals surface area (Å²) in [7, 11) is -1.76. The van der Waals surface area contributed by atoms with Gasteiger partial charge in [-0.2, -0.15) is 4.31 Å². The molecule has 9 nitrogen and oxygen atoms in total. The van der Waals surface area contributed by atoms with Gasteiger partial charge in [0.25, 0.3) is 5.91 Å². The van der Waals surface area contributed by atoms with Gasteiger partial charge in [-0.1, -0.05) is 0 Å². The number of piperazine rings is 1. The molecule has 0 spiro atoms. The van der Waals surface area contributed by atoms with Crippen molar-refractivity contribution in [2.45, 2.75) is 20.3 Å². The molecule has 1 N–H and O–H groups in total. The van der Waals surface area contributed by atoms with Gasteiger partial charge in [-0.15, -0.1) is 0 Å². The second-order valence-electron chi connectivity index (χ2n) is 8.04. The van der Waals surface area contributed by atoms with E-state index < -0.39 is 10.0 Å². The van der Waals surface area contributed by atoms with Crippen LogP contribution in [-0.2, 0) is 10.0 Å². The van der Waals surface area contributed by atoms with Crippen molar-refractivity contribution in [1.29, 1.82) is 0 Å². The van der Waals surface area contributed by atoms with Gasteiger partial charge >= 0.3 is 0 Å². The summed E-state index contributed by atoms with van der Waals surface area (Å²) in [4.78, 5) is 14.7. The summed E-state index contributed by atoms with van der Waals surface area (Å²) in [6.45, 7) is 7.09. The van der Waals surface area contributed by atoms with Crippen molar-refractivity contribution in [3.8, 4) is 17.2 Å². The number of hydrogen-bond acceptors (Lipinski definition) is 7. The minimum atomic E-state index is -3.39. The van der Waals surface area contributed by atoms with E-state index in [-0.39, 0.29) is 18.2 Å². The van der Waals surface area contributed by atoms with E-state index in [0.717, 1.165) is 11.4 Å². The lowest BCUT2D eigenvalue weighted by Gasteiger charge is -2.35. The molecule has 35 heavy (non-hydrogen) atoms. The number of anilines is 1. The van der Waals surface area contributed by atoms with E-state index >= 15 is 0 Å². The number of methoxy groups -OCH3 is 1. The van der Waals surface area contributed by atoms with Gasteiger partial charge in [0.1, 0.15) is 5.75 Å². The standard InChI is InChI=1S/C25H35N3O6S/c1-4-33-23-12-7-20(19-24(23)34-5-2)25(29)26-13-6-18-35(30,31)28-16-14-27(15-17-28)21-8-10-22(32-3)11-9-21/h7-12,19H,4-6,13-18H2,1-3H3,(H,26,29). The van der Waals surface area contributed by atoms with Crippen LogP contribution in [0.2, 0.25) is 0 Å². The number of carbonyl (C=O) groups is 1. The Kier molecular flexibility index (Phi) is 9.62. The van der Waals surface area contributed by atoms with Crippen molar-refractivity contribution in [1.82, 2.24) is 9.62 Å². The van der Waals surface area contributed by atoms with E-state index in [1.807, 2.05) is 38.1 Å². The number of rotatable bonds is 12. The van der Waals surface area contributed by atoms with E-state index in [4.69, 9.17) is 14.2 Å². The first-order chi connectivity index (χ1) is 16.9. The quantitative estimate of drug-likeness (QED) is 0.443. The van der Waals surface area contributed by atoms with Gasteiger partial charge in [0.05, 0.1) is 26.1 Å². The molecule has 0 radical (unpaired) electrons. The Hall–Kier alpha value is -2.98. The highest BCUT2D eigenvalue weighted by molar-refractivity contribution is 7.89. The fourth-order valence-corrected chi connectivity index (χ4v) is 5.38. The zero-order valence-corrected chi connectivity index (χ0v) is 21.5. The first kappa shape index (κ1) is 26.6. The maximum Gasteiger partial charge on any atom is 0.251 e. The van der Waals surface area contributed by atoms with Crippen LogP contribution in [0.15, 0.2) is 42.5 Å². The van der Waals surface area contributed by atoms with Crippen molar-refractivity contribution in [3.05, 3.63) is 48.0 Å². The van der Waals surface area contributed by atoms with Crippen molar-refractivity contribution in [3.63, 3.8) is 0 Å². The molecule has 2 aromatic carbocycles. The SMILES string of the molecule is CCOc1ccc(C(=O)NCCCS(=O)(=O)N2CCN(c3ccc(OC)cc3)CC2)cc1OCC. The van der Waals surface area contributed by atoms with Crippen molar-refractivity contribution in [2.75, 3.05) is 63.7 Å². The molecule has 0 unspecified atom stereocenters. The summed E-state index contributed by atoms with van der Waals surface area (Å²) < 4.78 is 43.4. The lowest BCUT2D eigenvalue weighted by molar-refractivity contribution is 0.0953. The lowest BCUT2D eigenvalue weighted by atomic mass is 10.2.